The Morgan fingerprint density at radius 3 is 2.50 bits per heavy atom. The number of hydrogen-bond donors (Lipinski definition) is 1. The molecule has 1 rings (SSSR count). The second-order valence-electron chi connectivity index (χ2n) is 3.69. The molecule has 0 saturated carbocycles. The minimum atomic E-state index is -0.157. The lowest BCUT2D eigenvalue weighted by Crippen LogP contribution is -2.15. The van der Waals surface area contributed by atoms with Gasteiger partial charge in [0.05, 0.1) is 5.70 Å². The van der Waals surface area contributed by atoms with Crippen LogP contribution < -0.4 is 5.48 Å². The predicted octanol–water partition coefficient (Wildman–Crippen LogP) is 2.79. The van der Waals surface area contributed by atoms with Crippen LogP contribution in [0.2, 0.25) is 0 Å². The van der Waals surface area contributed by atoms with Crippen molar-refractivity contribution in [3.05, 3.63) is 46.3 Å². The number of Topliss-reactive ketones (excluding diaryl/α,β-unsaturated/α-hetero) is 1. The molecule has 0 aliphatic rings. The van der Waals surface area contributed by atoms with E-state index in [1.807, 2.05) is 31.2 Å². The molecule has 0 unspecified atom stereocenters. The van der Waals surface area contributed by atoms with Gasteiger partial charge in [0, 0.05) is 6.42 Å². The fraction of sp³-hybridized carbons (Fsp3) is 0.308. The van der Waals surface area contributed by atoms with Gasteiger partial charge < -0.3 is 10.7 Å². The summed E-state index contributed by atoms with van der Waals surface area (Å²) in [4.78, 5) is 11.5. The second-order valence-corrected chi connectivity index (χ2v) is 3.69. The number of carbonyl (C=O) groups excluding carboxylic acids is 1. The summed E-state index contributed by atoms with van der Waals surface area (Å²) in [6.45, 7) is 5.48. The number of ketones is 1. The maximum atomic E-state index is 11.5. The van der Waals surface area contributed by atoms with Gasteiger partial charge in [0.15, 0.2) is 5.78 Å². The molecule has 0 aliphatic heterocycles. The minimum Gasteiger partial charge on any atom is -0.761 e. The third-order valence-corrected chi connectivity index (χ3v) is 2.63. The van der Waals surface area contributed by atoms with E-state index in [9.17, 15) is 10.0 Å². The summed E-state index contributed by atoms with van der Waals surface area (Å²) in [6.07, 6.45) is 0.327. The van der Waals surface area contributed by atoms with Gasteiger partial charge in [-0.2, -0.15) is 0 Å². The van der Waals surface area contributed by atoms with E-state index in [0.29, 0.717) is 12.0 Å². The molecule has 1 aromatic carbocycles. The first-order chi connectivity index (χ1) is 7.61. The first-order valence-corrected chi connectivity index (χ1v) is 5.30. The van der Waals surface area contributed by atoms with Crippen molar-refractivity contribution in [2.24, 2.45) is 0 Å². The molecule has 3 heteroatoms. The lowest BCUT2D eigenvalue weighted by Gasteiger charge is -2.17. The van der Waals surface area contributed by atoms with Crippen LogP contribution >= 0.6 is 0 Å². The zero-order chi connectivity index (χ0) is 12.1. The summed E-state index contributed by atoms with van der Waals surface area (Å²) < 4.78 is 0. The fourth-order valence-corrected chi connectivity index (χ4v) is 1.65. The molecule has 1 N–H and O–H groups in total. The van der Waals surface area contributed by atoms with E-state index in [0.717, 1.165) is 11.1 Å². The number of allylic oxidation sites excluding steroid dienone is 2. The van der Waals surface area contributed by atoms with E-state index >= 15 is 0 Å². The summed E-state index contributed by atoms with van der Waals surface area (Å²) in [5.74, 6) is -0.157. The van der Waals surface area contributed by atoms with Crippen molar-refractivity contribution in [2.75, 3.05) is 0 Å². The molecule has 0 fully saturated rings. The predicted molar refractivity (Wildman–Crippen MR) is 65.6 cm³/mol. The van der Waals surface area contributed by atoms with Crippen molar-refractivity contribution in [3.63, 3.8) is 0 Å². The standard InChI is InChI=1S/C13H16NO2/c1-4-12(15)13(14-16)10(3)11-8-6-5-7-9(11)2/h5-8,14H,4H2,1-3H3/q-1/b13-10+. The SMILES string of the molecule is CCC(=O)/C(N[O-])=C(/C)c1ccccc1C. The van der Waals surface area contributed by atoms with E-state index in [1.54, 1.807) is 19.3 Å². The Morgan fingerprint density at radius 2 is 2.00 bits per heavy atom. The van der Waals surface area contributed by atoms with Crippen molar-refractivity contribution in [3.8, 4) is 0 Å². The lowest BCUT2D eigenvalue weighted by atomic mass is 9.98. The first kappa shape index (κ1) is 12.5. The van der Waals surface area contributed by atoms with E-state index in [-0.39, 0.29) is 11.5 Å². The van der Waals surface area contributed by atoms with Gasteiger partial charge in [0.1, 0.15) is 0 Å². The Bertz CT molecular complexity index is 422. The van der Waals surface area contributed by atoms with Gasteiger partial charge in [-0.3, -0.25) is 4.79 Å². The van der Waals surface area contributed by atoms with Crippen molar-refractivity contribution in [1.82, 2.24) is 5.48 Å². The molecule has 0 aliphatic carbocycles. The molecule has 0 amide bonds. The normalized spacial score (nSPS) is 12.0. The summed E-state index contributed by atoms with van der Waals surface area (Å²) in [7, 11) is 0. The number of benzene rings is 1. The highest BCUT2D eigenvalue weighted by atomic mass is 16.5. The lowest BCUT2D eigenvalue weighted by molar-refractivity contribution is -0.115. The summed E-state index contributed by atoms with van der Waals surface area (Å²) >= 11 is 0. The fourth-order valence-electron chi connectivity index (χ4n) is 1.65. The topological polar surface area (TPSA) is 52.2 Å². The molecule has 0 heterocycles. The van der Waals surface area contributed by atoms with Crippen LogP contribution in [0.5, 0.6) is 0 Å². The molecule has 0 bridgehead atoms. The van der Waals surface area contributed by atoms with Crippen LogP contribution in [-0.4, -0.2) is 5.78 Å². The number of carbonyl (C=O) groups is 1. The van der Waals surface area contributed by atoms with Crippen LogP contribution in [0.15, 0.2) is 30.0 Å². The third kappa shape index (κ3) is 2.49. The Hall–Kier alpha value is -1.61. The van der Waals surface area contributed by atoms with E-state index in [2.05, 4.69) is 0 Å². The first-order valence-electron chi connectivity index (χ1n) is 5.30. The number of nitrogens with one attached hydrogen (secondary N) is 1. The maximum absolute atomic E-state index is 11.5. The second kappa shape index (κ2) is 5.47. The highest BCUT2D eigenvalue weighted by molar-refractivity contribution is 6.01. The van der Waals surface area contributed by atoms with Gasteiger partial charge in [0.25, 0.3) is 0 Å². The molecule has 16 heavy (non-hydrogen) atoms. The molecule has 0 radical (unpaired) electrons. The molecule has 1 aromatic rings. The Labute approximate surface area is 95.8 Å². The average Bonchev–Trinajstić information content (AvgIpc) is 2.30. The summed E-state index contributed by atoms with van der Waals surface area (Å²) in [5, 5.41) is 10.8. The Morgan fingerprint density at radius 1 is 1.38 bits per heavy atom. The van der Waals surface area contributed by atoms with Crippen molar-refractivity contribution in [1.29, 1.82) is 0 Å². The Kier molecular flexibility index (Phi) is 4.26. The molecule has 0 atom stereocenters. The molecule has 86 valence electrons. The molecular weight excluding hydrogens is 202 g/mol. The zero-order valence-corrected chi connectivity index (χ0v) is 9.83. The molecule has 0 spiro atoms. The van der Waals surface area contributed by atoms with Crippen LogP contribution in [0.1, 0.15) is 31.4 Å². The number of aryl methyl sites for hydroxylation is 1. The van der Waals surface area contributed by atoms with Crippen LogP contribution in [0, 0.1) is 12.1 Å². The monoisotopic (exact) mass is 218 g/mol. The van der Waals surface area contributed by atoms with Crippen molar-refractivity contribution in [2.45, 2.75) is 27.2 Å². The molecule has 3 nitrogen and oxygen atoms in total. The number of rotatable bonds is 4. The van der Waals surface area contributed by atoms with E-state index < -0.39 is 0 Å². The third-order valence-electron chi connectivity index (χ3n) is 2.63. The summed E-state index contributed by atoms with van der Waals surface area (Å²) in [5.41, 5.74) is 4.62. The van der Waals surface area contributed by atoms with Crippen LogP contribution in [0.3, 0.4) is 0 Å². The van der Waals surface area contributed by atoms with Gasteiger partial charge in [-0.05, 0) is 30.5 Å². The van der Waals surface area contributed by atoms with Crippen LogP contribution in [0.25, 0.3) is 5.57 Å². The van der Waals surface area contributed by atoms with Gasteiger partial charge in [0.2, 0.25) is 0 Å². The van der Waals surface area contributed by atoms with Gasteiger partial charge >= 0.3 is 0 Å². The average molecular weight is 218 g/mol. The van der Waals surface area contributed by atoms with Crippen molar-refractivity contribution >= 4 is 11.4 Å². The molecule has 0 aromatic heterocycles. The zero-order valence-electron chi connectivity index (χ0n) is 9.83. The quantitative estimate of drug-likeness (QED) is 0.624. The number of hydroxylamine groups is 1. The highest BCUT2D eigenvalue weighted by Crippen LogP contribution is 2.21. The highest BCUT2D eigenvalue weighted by Gasteiger charge is 2.10. The van der Waals surface area contributed by atoms with Gasteiger partial charge in [-0.25, -0.2) is 0 Å². The largest absolute Gasteiger partial charge is 0.761 e. The maximum Gasteiger partial charge on any atom is 0.177 e. The number of hydrogen-bond acceptors (Lipinski definition) is 3. The van der Waals surface area contributed by atoms with E-state index in [1.165, 1.54) is 0 Å². The minimum absolute atomic E-state index is 0.157. The summed E-state index contributed by atoms with van der Waals surface area (Å²) in [6, 6.07) is 7.69. The van der Waals surface area contributed by atoms with Gasteiger partial charge in [-0.1, -0.05) is 31.2 Å². The molecule has 0 saturated heterocycles. The smallest absolute Gasteiger partial charge is 0.177 e. The van der Waals surface area contributed by atoms with Gasteiger partial charge in [-0.15, -0.1) is 0 Å². The molecular formula is C13H16NO2-. The van der Waals surface area contributed by atoms with Crippen LogP contribution in [0.4, 0.5) is 0 Å². The Balaban J connectivity index is 3.25. The van der Waals surface area contributed by atoms with Crippen molar-refractivity contribution < 1.29 is 4.79 Å². The van der Waals surface area contributed by atoms with Crippen LogP contribution in [-0.2, 0) is 4.79 Å². The van der Waals surface area contributed by atoms with E-state index in [4.69, 9.17) is 0 Å².